The third-order valence-corrected chi connectivity index (χ3v) is 11.0. The Morgan fingerprint density at radius 3 is 2.74 bits per heavy atom. The second-order valence-corrected chi connectivity index (χ2v) is 12.8. The normalized spacial score (nSPS) is 40.1. The van der Waals surface area contributed by atoms with Gasteiger partial charge in [-0.05, 0) is 72.5 Å². The molecule has 0 spiro atoms. The molecule has 0 aromatic heterocycles. The van der Waals surface area contributed by atoms with Gasteiger partial charge in [-0.2, -0.15) is 0 Å². The van der Waals surface area contributed by atoms with Gasteiger partial charge in [-0.3, -0.25) is 4.79 Å². The Bertz CT molecular complexity index is 1150. The van der Waals surface area contributed by atoms with Crippen molar-refractivity contribution in [3.8, 4) is 5.75 Å². The highest BCUT2D eigenvalue weighted by Crippen LogP contribution is 2.68. The van der Waals surface area contributed by atoms with Crippen LogP contribution in [0.25, 0.3) is 0 Å². The van der Waals surface area contributed by atoms with Crippen LogP contribution in [0.3, 0.4) is 0 Å². The first-order chi connectivity index (χ1) is 17.9. The Morgan fingerprint density at radius 2 is 2.03 bits per heavy atom. The number of aliphatic hydroxyl groups is 1. The fourth-order valence-corrected chi connectivity index (χ4v) is 8.36. The zero-order chi connectivity index (χ0) is 27.6. The average Bonchev–Trinajstić information content (AvgIpc) is 3.43. The van der Waals surface area contributed by atoms with Gasteiger partial charge in [0.25, 0.3) is 0 Å². The van der Waals surface area contributed by atoms with Gasteiger partial charge in [0, 0.05) is 23.2 Å². The molecule has 3 saturated carbocycles. The van der Waals surface area contributed by atoms with E-state index in [1.807, 2.05) is 19.9 Å². The summed E-state index contributed by atoms with van der Waals surface area (Å²) in [6, 6.07) is 3.61. The van der Waals surface area contributed by atoms with Crippen LogP contribution in [0.15, 0.2) is 24.8 Å². The lowest BCUT2D eigenvalue weighted by molar-refractivity contribution is -0.207. The van der Waals surface area contributed by atoms with Crippen molar-refractivity contribution in [2.45, 2.75) is 85.5 Å². The summed E-state index contributed by atoms with van der Waals surface area (Å²) in [5.74, 6) is 0.0277. The maximum atomic E-state index is 13.5. The van der Waals surface area contributed by atoms with Crippen LogP contribution in [0.4, 0.5) is 0 Å². The van der Waals surface area contributed by atoms with Crippen molar-refractivity contribution >= 4 is 24.3 Å². The number of aliphatic hydroxyl groups excluding tert-OH is 1. The standard InChI is InChI=1S/C30H41BO7/c1-7-28(5)14-24(38-25(33)16-36-23-13-21-20(12-17(23)2)15-37-31(21)35)29(6)18(3)8-10-30(19(4)27(28)34)11-9-22(32)26(29)30/h7,12-13,18-19,24,26-27,34-35H,1,8-11,14-16H2,2-6H3/t18-,19-,24+,26-,27-,28+,29-,30-/m0/s1. The van der Waals surface area contributed by atoms with Crippen LogP contribution in [0.5, 0.6) is 5.75 Å². The van der Waals surface area contributed by atoms with Gasteiger partial charge in [0.1, 0.15) is 17.6 Å². The summed E-state index contributed by atoms with van der Waals surface area (Å²) in [5, 5.41) is 21.7. The molecule has 2 bridgehead atoms. The molecular weight excluding hydrogens is 483 g/mol. The number of carbonyl (C=O) groups is 2. The van der Waals surface area contributed by atoms with Crippen LogP contribution in [0, 0.1) is 40.9 Å². The molecule has 206 valence electrons. The first-order valence-electron chi connectivity index (χ1n) is 14.0. The molecule has 2 N–H and O–H groups in total. The van der Waals surface area contributed by atoms with Gasteiger partial charge in [0.15, 0.2) is 6.61 Å². The van der Waals surface area contributed by atoms with E-state index in [1.54, 1.807) is 12.1 Å². The lowest BCUT2D eigenvalue weighted by atomic mass is 9.44. The van der Waals surface area contributed by atoms with Gasteiger partial charge < -0.3 is 24.3 Å². The number of ketones is 1. The van der Waals surface area contributed by atoms with Crippen LogP contribution in [-0.2, 0) is 25.6 Å². The molecule has 8 heteroatoms. The number of carbonyl (C=O) groups excluding carboxylic acids is 2. The van der Waals surface area contributed by atoms with E-state index < -0.39 is 36.1 Å². The SMILES string of the molecule is C=C[C@]1(C)C[C@@H](OC(=O)COc2cc3c(cc2C)COB3O)[C@@]2(C)[C@@H]3C(=O)CC[C@@]3(CC[C@@H]2C)[C@@H](C)[C@@H]1O. The van der Waals surface area contributed by atoms with Crippen LogP contribution in [-0.4, -0.2) is 47.8 Å². The molecular formula is C30H41BO7. The van der Waals surface area contributed by atoms with Crippen molar-refractivity contribution in [3.05, 3.63) is 35.9 Å². The summed E-state index contributed by atoms with van der Waals surface area (Å²) < 4.78 is 17.4. The third-order valence-electron chi connectivity index (χ3n) is 11.0. The Hall–Kier alpha value is -2.16. The first-order valence-corrected chi connectivity index (χ1v) is 14.0. The van der Waals surface area contributed by atoms with Crippen LogP contribution in [0.1, 0.15) is 70.9 Å². The predicted molar refractivity (Wildman–Crippen MR) is 144 cm³/mol. The smallest absolute Gasteiger partial charge is 0.482 e. The summed E-state index contributed by atoms with van der Waals surface area (Å²) in [6.45, 7) is 14.3. The Labute approximate surface area is 226 Å². The van der Waals surface area contributed by atoms with Crippen molar-refractivity contribution in [2.75, 3.05) is 6.61 Å². The number of aryl methyl sites for hydroxylation is 1. The van der Waals surface area contributed by atoms with Crippen LogP contribution < -0.4 is 10.2 Å². The second kappa shape index (κ2) is 9.49. The topological polar surface area (TPSA) is 102 Å². The Morgan fingerprint density at radius 1 is 1.29 bits per heavy atom. The van der Waals surface area contributed by atoms with Crippen molar-refractivity contribution in [3.63, 3.8) is 0 Å². The zero-order valence-corrected chi connectivity index (χ0v) is 23.3. The summed E-state index contributed by atoms with van der Waals surface area (Å²) in [7, 11) is -1.00. The van der Waals surface area contributed by atoms with E-state index in [-0.39, 0.29) is 35.6 Å². The van der Waals surface area contributed by atoms with E-state index in [0.29, 0.717) is 30.7 Å². The van der Waals surface area contributed by atoms with Gasteiger partial charge in [0.2, 0.25) is 0 Å². The van der Waals surface area contributed by atoms with Crippen LogP contribution in [0.2, 0.25) is 0 Å². The van der Waals surface area contributed by atoms with E-state index in [4.69, 9.17) is 14.1 Å². The number of hydrogen-bond acceptors (Lipinski definition) is 7. The molecule has 0 saturated heterocycles. The third kappa shape index (κ3) is 3.97. The first kappa shape index (κ1) is 27.4. The van der Waals surface area contributed by atoms with Gasteiger partial charge in [0.05, 0.1) is 12.7 Å². The number of rotatable bonds is 5. The van der Waals surface area contributed by atoms with Gasteiger partial charge in [-0.1, -0.05) is 39.8 Å². The molecule has 7 nitrogen and oxygen atoms in total. The molecule has 3 aliphatic carbocycles. The van der Waals surface area contributed by atoms with E-state index in [1.165, 1.54) is 0 Å². The van der Waals surface area contributed by atoms with Gasteiger partial charge >= 0.3 is 13.1 Å². The number of fused-ring (bicyclic) bond motifs is 1. The van der Waals surface area contributed by atoms with E-state index in [0.717, 1.165) is 30.4 Å². The predicted octanol–water partition coefficient (Wildman–Crippen LogP) is 3.50. The minimum absolute atomic E-state index is 0.0733. The zero-order valence-electron chi connectivity index (χ0n) is 23.3. The molecule has 0 unspecified atom stereocenters. The number of esters is 1. The maximum absolute atomic E-state index is 13.5. The lowest BCUT2D eigenvalue weighted by Gasteiger charge is -2.61. The molecule has 8 atom stereocenters. The van der Waals surface area contributed by atoms with Crippen molar-refractivity contribution in [1.82, 2.24) is 0 Å². The van der Waals surface area contributed by atoms with Gasteiger partial charge in [-0.15, -0.1) is 6.58 Å². The molecule has 4 aliphatic rings. The fourth-order valence-electron chi connectivity index (χ4n) is 8.36. The minimum atomic E-state index is -1.00. The molecule has 38 heavy (non-hydrogen) atoms. The molecule has 0 radical (unpaired) electrons. The minimum Gasteiger partial charge on any atom is -0.482 e. The van der Waals surface area contributed by atoms with Crippen LogP contribution >= 0.6 is 0 Å². The lowest BCUT2D eigenvalue weighted by Crippen LogP contribution is -2.63. The largest absolute Gasteiger partial charge is 0.491 e. The second-order valence-electron chi connectivity index (χ2n) is 12.8. The number of Topliss-reactive ketones (excluding diaryl/α,β-unsaturated/α-hetero) is 1. The van der Waals surface area contributed by atoms with Crippen molar-refractivity contribution in [2.24, 2.45) is 34.0 Å². The molecule has 0 amide bonds. The number of benzene rings is 1. The molecule has 1 aliphatic heterocycles. The summed E-state index contributed by atoms with van der Waals surface area (Å²) in [4.78, 5) is 26.8. The van der Waals surface area contributed by atoms with Gasteiger partial charge in [-0.25, -0.2) is 4.79 Å². The highest BCUT2D eigenvalue weighted by Gasteiger charge is 2.68. The van der Waals surface area contributed by atoms with E-state index in [2.05, 4.69) is 27.4 Å². The van der Waals surface area contributed by atoms with E-state index >= 15 is 0 Å². The van der Waals surface area contributed by atoms with Crippen molar-refractivity contribution in [1.29, 1.82) is 0 Å². The monoisotopic (exact) mass is 524 g/mol. The fraction of sp³-hybridized carbons (Fsp3) is 0.667. The highest BCUT2D eigenvalue weighted by atomic mass is 16.6. The number of hydrogen-bond donors (Lipinski definition) is 2. The number of ether oxygens (including phenoxy) is 2. The van der Waals surface area contributed by atoms with E-state index in [9.17, 15) is 19.7 Å². The maximum Gasteiger partial charge on any atom is 0.491 e. The van der Waals surface area contributed by atoms with Crippen molar-refractivity contribution < 1.29 is 33.8 Å². The molecule has 1 aromatic rings. The molecule has 3 fully saturated rings. The highest BCUT2D eigenvalue weighted by molar-refractivity contribution is 6.61. The average molecular weight is 524 g/mol. The summed E-state index contributed by atoms with van der Waals surface area (Å²) in [6.07, 6.45) is 3.98. The molecule has 1 aromatic carbocycles. The summed E-state index contributed by atoms with van der Waals surface area (Å²) >= 11 is 0. The molecule has 5 rings (SSSR count). The summed E-state index contributed by atoms with van der Waals surface area (Å²) in [5.41, 5.74) is 0.827. The molecule has 1 heterocycles. The Balaban J connectivity index is 1.44. The Kier molecular flexibility index (Phi) is 6.85. The quantitative estimate of drug-likeness (QED) is 0.345.